The number of likely N-dealkylation sites (N-methyl/N-ethyl adjacent to an activating group) is 1. The van der Waals surface area contributed by atoms with Crippen LogP contribution < -0.4 is 21.3 Å². The molecule has 29 heavy (non-hydrogen) atoms. The maximum Gasteiger partial charge on any atom is 0.251 e. The zero-order valence-electron chi connectivity index (χ0n) is 17.8. The second-order valence-corrected chi connectivity index (χ2v) is 7.16. The van der Waals surface area contributed by atoms with E-state index in [-0.39, 0.29) is 11.8 Å². The molecule has 160 valence electrons. The van der Waals surface area contributed by atoms with Crippen LogP contribution in [0.2, 0.25) is 0 Å². The Morgan fingerprint density at radius 1 is 1.17 bits per heavy atom. The maximum absolute atomic E-state index is 11.8. The van der Waals surface area contributed by atoms with Crippen molar-refractivity contribution in [2.75, 3.05) is 46.8 Å². The Kier molecular flexibility index (Phi) is 9.43. The molecular weight excluding hydrogens is 368 g/mol. The number of guanidine groups is 1. The average molecular weight is 403 g/mol. The fourth-order valence-electron chi connectivity index (χ4n) is 3.34. The summed E-state index contributed by atoms with van der Waals surface area (Å²) in [5, 5.41) is 12.1. The minimum atomic E-state index is -0.0758. The van der Waals surface area contributed by atoms with Gasteiger partial charge in [-0.05, 0) is 43.9 Å². The normalized spacial score (nSPS) is 15.6. The second-order valence-electron chi connectivity index (χ2n) is 7.16. The molecule has 1 aromatic rings. The first kappa shape index (κ1) is 22.7. The number of nitrogens with one attached hydrogen (secondary N) is 4. The number of hydrogen-bond donors (Lipinski definition) is 4. The predicted molar refractivity (Wildman–Crippen MR) is 116 cm³/mol. The van der Waals surface area contributed by atoms with Gasteiger partial charge in [0.25, 0.3) is 5.91 Å². The summed E-state index contributed by atoms with van der Waals surface area (Å²) in [5.74, 6) is 0.805. The summed E-state index contributed by atoms with van der Waals surface area (Å²) < 4.78 is 0. The van der Waals surface area contributed by atoms with Crippen LogP contribution >= 0.6 is 0 Å². The molecule has 0 saturated carbocycles. The van der Waals surface area contributed by atoms with E-state index in [0.717, 1.165) is 50.4 Å². The molecule has 1 fully saturated rings. The summed E-state index contributed by atoms with van der Waals surface area (Å²) in [6.45, 7) is 5.76. The lowest BCUT2D eigenvalue weighted by Gasteiger charge is -2.32. The molecule has 0 aromatic heterocycles. The van der Waals surface area contributed by atoms with E-state index in [1.807, 2.05) is 24.3 Å². The molecule has 8 heteroatoms. The fraction of sp³-hybridized carbons (Fsp3) is 0.571. The van der Waals surface area contributed by atoms with Crippen LogP contribution in [0.5, 0.6) is 0 Å². The van der Waals surface area contributed by atoms with Gasteiger partial charge >= 0.3 is 0 Å². The van der Waals surface area contributed by atoms with Crippen LogP contribution in [0, 0.1) is 0 Å². The average Bonchev–Trinajstić information content (AvgIpc) is 2.74. The van der Waals surface area contributed by atoms with Crippen molar-refractivity contribution in [1.29, 1.82) is 0 Å². The Balaban J connectivity index is 1.84. The van der Waals surface area contributed by atoms with E-state index in [9.17, 15) is 9.59 Å². The second kappa shape index (κ2) is 12.1. The molecule has 0 aliphatic carbocycles. The van der Waals surface area contributed by atoms with Crippen molar-refractivity contribution >= 4 is 17.8 Å². The van der Waals surface area contributed by atoms with Gasteiger partial charge in [-0.1, -0.05) is 12.1 Å². The molecule has 1 aliphatic rings. The van der Waals surface area contributed by atoms with E-state index >= 15 is 0 Å². The van der Waals surface area contributed by atoms with E-state index in [1.54, 1.807) is 14.1 Å². The van der Waals surface area contributed by atoms with Gasteiger partial charge in [0.15, 0.2) is 5.96 Å². The number of carbonyl (C=O) groups is 2. The summed E-state index contributed by atoms with van der Waals surface area (Å²) in [4.78, 5) is 30.2. The maximum atomic E-state index is 11.8. The third kappa shape index (κ3) is 7.73. The van der Waals surface area contributed by atoms with Crippen molar-refractivity contribution in [2.24, 2.45) is 4.99 Å². The molecule has 0 spiro atoms. The molecule has 8 nitrogen and oxygen atoms in total. The number of benzene rings is 1. The molecule has 0 unspecified atom stereocenters. The standard InChI is InChI=1S/C21H34N6O2/c1-4-24-21(26-18-9-12-27(13-10-18)15-19(28)22-2)25-11-8-16-6-5-7-17(14-16)20(29)23-3/h5-7,14,18H,4,8-13,15H2,1-3H3,(H,22,28)(H,23,29)(H2,24,25,26). The number of likely N-dealkylation sites (tertiary alicyclic amines) is 1. The monoisotopic (exact) mass is 402 g/mol. The fourth-order valence-corrected chi connectivity index (χ4v) is 3.34. The molecule has 0 atom stereocenters. The van der Waals surface area contributed by atoms with Crippen molar-refractivity contribution in [2.45, 2.75) is 32.2 Å². The molecule has 2 rings (SSSR count). The molecule has 1 aliphatic heterocycles. The number of carbonyl (C=O) groups excluding carboxylic acids is 2. The van der Waals surface area contributed by atoms with Gasteiger partial charge in [0.2, 0.25) is 5.91 Å². The SMILES string of the molecule is CCNC(=NCCc1cccc(C(=O)NC)c1)NC1CCN(CC(=O)NC)CC1. The number of rotatable bonds is 8. The van der Waals surface area contributed by atoms with Crippen molar-refractivity contribution in [3.63, 3.8) is 0 Å². The first-order valence-corrected chi connectivity index (χ1v) is 10.3. The van der Waals surface area contributed by atoms with Gasteiger partial charge in [-0.2, -0.15) is 0 Å². The highest BCUT2D eigenvalue weighted by atomic mass is 16.2. The highest BCUT2D eigenvalue weighted by Crippen LogP contribution is 2.10. The van der Waals surface area contributed by atoms with E-state index in [2.05, 4.69) is 33.1 Å². The van der Waals surface area contributed by atoms with Crippen molar-refractivity contribution in [3.8, 4) is 0 Å². The quantitative estimate of drug-likeness (QED) is 0.372. The number of hydrogen-bond acceptors (Lipinski definition) is 4. The van der Waals surface area contributed by atoms with Crippen LogP contribution in [0.25, 0.3) is 0 Å². The van der Waals surface area contributed by atoms with Crippen LogP contribution in [-0.4, -0.2) is 75.5 Å². The summed E-state index contributed by atoms with van der Waals surface area (Å²) in [5.41, 5.74) is 1.76. The Labute approximate surface area is 173 Å². The largest absolute Gasteiger partial charge is 0.358 e. The molecule has 2 amide bonds. The lowest BCUT2D eigenvalue weighted by molar-refractivity contribution is -0.122. The first-order valence-electron chi connectivity index (χ1n) is 10.3. The Morgan fingerprint density at radius 2 is 1.93 bits per heavy atom. The third-order valence-electron chi connectivity index (χ3n) is 5.01. The molecule has 1 heterocycles. The van der Waals surface area contributed by atoms with Gasteiger partial charge in [-0.15, -0.1) is 0 Å². The lowest BCUT2D eigenvalue weighted by atomic mass is 10.1. The van der Waals surface area contributed by atoms with Crippen molar-refractivity contribution in [3.05, 3.63) is 35.4 Å². The number of amides is 2. The smallest absolute Gasteiger partial charge is 0.251 e. The number of piperidine rings is 1. The predicted octanol–water partition coefficient (Wildman–Crippen LogP) is 0.354. The highest BCUT2D eigenvalue weighted by molar-refractivity contribution is 5.94. The van der Waals surface area contributed by atoms with Gasteiger partial charge in [0.05, 0.1) is 6.54 Å². The first-order chi connectivity index (χ1) is 14.0. The van der Waals surface area contributed by atoms with Crippen LogP contribution in [-0.2, 0) is 11.2 Å². The van der Waals surface area contributed by atoms with E-state index in [1.165, 1.54) is 0 Å². The minimum Gasteiger partial charge on any atom is -0.358 e. The van der Waals surface area contributed by atoms with E-state index < -0.39 is 0 Å². The van der Waals surface area contributed by atoms with Gasteiger partial charge in [-0.3, -0.25) is 19.5 Å². The summed E-state index contributed by atoms with van der Waals surface area (Å²) in [6.07, 6.45) is 2.73. The third-order valence-corrected chi connectivity index (χ3v) is 5.01. The zero-order chi connectivity index (χ0) is 21.1. The van der Waals surface area contributed by atoms with Crippen LogP contribution in [0.1, 0.15) is 35.7 Å². The van der Waals surface area contributed by atoms with Gasteiger partial charge in [0.1, 0.15) is 0 Å². The lowest BCUT2D eigenvalue weighted by Crippen LogP contribution is -2.50. The van der Waals surface area contributed by atoms with Crippen molar-refractivity contribution in [1.82, 2.24) is 26.2 Å². The van der Waals surface area contributed by atoms with E-state index in [4.69, 9.17) is 4.99 Å². The summed E-state index contributed by atoms with van der Waals surface area (Å²) in [7, 11) is 3.31. The molecule has 4 N–H and O–H groups in total. The summed E-state index contributed by atoms with van der Waals surface area (Å²) >= 11 is 0. The summed E-state index contributed by atoms with van der Waals surface area (Å²) in [6, 6.07) is 8.00. The number of nitrogens with zero attached hydrogens (tertiary/aromatic N) is 2. The van der Waals surface area contributed by atoms with E-state index in [0.29, 0.717) is 24.7 Å². The molecule has 1 aromatic carbocycles. The Bertz CT molecular complexity index is 698. The van der Waals surface area contributed by atoms with Gasteiger partial charge < -0.3 is 21.3 Å². The zero-order valence-corrected chi connectivity index (χ0v) is 17.8. The van der Waals surface area contributed by atoms with Gasteiger partial charge in [-0.25, -0.2) is 0 Å². The van der Waals surface area contributed by atoms with Crippen LogP contribution in [0.3, 0.4) is 0 Å². The molecule has 1 saturated heterocycles. The van der Waals surface area contributed by atoms with Crippen molar-refractivity contribution < 1.29 is 9.59 Å². The minimum absolute atomic E-state index is 0.0618. The Hall–Kier alpha value is -2.61. The molecular formula is C21H34N6O2. The molecule has 0 bridgehead atoms. The van der Waals surface area contributed by atoms with Crippen LogP contribution in [0.4, 0.5) is 0 Å². The number of aliphatic imine (C=N–C) groups is 1. The Morgan fingerprint density at radius 3 is 2.59 bits per heavy atom. The topological polar surface area (TPSA) is 97.9 Å². The highest BCUT2D eigenvalue weighted by Gasteiger charge is 2.21. The van der Waals surface area contributed by atoms with Crippen LogP contribution in [0.15, 0.2) is 29.3 Å². The molecule has 0 radical (unpaired) electrons. The van der Waals surface area contributed by atoms with Gasteiger partial charge in [0, 0.05) is 51.9 Å².